The lowest BCUT2D eigenvalue weighted by molar-refractivity contribution is 0.619. The molecule has 0 aliphatic rings. The molecule has 1 N–H and O–H groups in total. The van der Waals surface area contributed by atoms with E-state index in [-0.39, 0.29) is 5.82 Å². The first kappa shape index (κ1) is 12.0. The first-order chi connectivity index (χ1) is 8.06. The van der Waals surface area contributed by atoms with Gasteiger partial charge in [0, 0.05) is 10.2 Å². The minimum Gasteiger partial charge on any atom is -0.340 e. The molecule has 0 atom stereocenters. The second-order valence-corrected chi connectivity index (χ2v) is 4.71. The van der Waals surface area contributed by atoms with Gasteiger partial charge >= 0.3 is 0 Å². The third-order valence-corrected chi connectivity index (χ3v) is 3.29. The van der Waals surface area contributed by atoms with Crippen molar-refractivity contribution in [2.75, 3.05) is 5.32 Å². The Hall–Kier alpha value is -1.42. The van der Waals surface area contributed by atoms with Gasteiger partial charge in [-0.1, -0.05) is 0 Å². The number of benzene rings is 1. The van der Waals surface area contributed by atoms with Crippen LogP contribution in [0.15, 0.2) is 34.8 Å². The first-order valence-electron chi connectivity index (χ1n) is 5.22. The number of hydrogen-bond donors (Lipinski definition) is 1. The number of nitrogens with zero attached hydrogens (tertiary/aromatic N) is 1. The van der Waals surface area contributed by atoms with Gasteiger partial charge in [-0.15, -0.1) is 0 Å². The van der Waals surface area contributed by atoms with E-state index in [1.807, 2.05) is 19.1 Å². The Bertz CT molecular complexity index is 506. The van der Waals surface area contributed by atoms with Gasteiger partial charge in [-0.2, -0.15) is 0 Å². The van der Waals surface area contributed by atoms with Gasteiger partial charge in [-0.3, -0.25) is 0 Å². The summed E-state index contributed by atoms with van der Waals surface area (Å²) in [5, 5.41) is 3.14. The van der Waals surface area contributed by atoms with Crippen molar-refractivity contribution in [3.05, 3.63) is 51.9 Å². The van der Waals surface area contributed by atoms with Gasteiger partial charge in [0.2, 0.25) is 0 Å². The van der Waals surface area contributed by atoms with Gasteiger partial charge in [0.05, 0.1) is 5.69 Å². The van der Waals surface area contributed by atoms with Crippen LogP contribution < -0.4 is 5.32 Å². The number of rotatable bonds is 2. The molecule has 0 fully saturated rings. The molecule has 0 amide bonds. The molecule has 4 heteroatoms. The van der Waals surface area contributed by atoms with E-state index in [0.29, 0.717) is 5.56 Å². The summed E-state index contributed by atoms with van der Waals surface area (Å²) in [5.41, 5.74) is 2.36. The van der Waals surface area contributed by atoms with E-state index in [4.69, 9.17) is 0 Å². The number of pyridine rings is 1. The fourth-order valence-corrected chi connectivity index (χ4v) is 1.70. The number of halogens is 2. The molecule has 0 saturated carbocycles. The van der Waals surface area contributed by atoms with Crippen LogP contribution in [0.25, 0.3) is 0 Å². The maximum atomic E-state index is 13.1. The number of aromatic nitrogens is 1. The standard InChI is InChI=1S/C13H12BrFN2/c1-8-7-10(3-5-12(8)15)17-13-6-4-11(14)9(2)16-13/h3-7H,1-2H3,(H,16,17). The Morgan fingerprint density at radius 1 is 1.18 bits per heavy atom. The number of anilines is 2. The smallest absolute Gasteiger partial charge is 0.130 e. The molecule has 0 saturated heterocycles. The third kappa shape index (κ3) is 2.82. The summed E-state index contributed by atoms with van der Waals surface area (Å²) in [5.74, 6) is 0.548. The minimum absolute atomic E-state index is 0.199. The van der Waals surface area contributed by atoms with Crippen LogP contribution in [-0.2, 0) is 0 Å². The lowest BCUT2D eigenvalue weighted by Crippen LogP contribution is -1.96. The number of hydrogen-bond acceptors (Lipinski definition) is 2. The molecule has 1 aromatic heterocycles. The summed E-state index contributed by atoms with van der Waals surface area (Å²) in [6, 6.07) is 8.70. The highest BCUT2D eigenvalue weighted by atomic mass is 79.9. The number of aryl methyl sites for hydroxylation is 2. The van der Waals surface area contributed by atoms with Gasteiger partial charge in [0.1, 0.15) is 11.6 Å². The Morgan fingerprint density at radius 3 is 2.59 bits per heavy atom. The van der Waals surface area contributed by atoms with Crippen molar-refractivity contribution in [1.82, 2.24) is 4.98 Å². The maximum Gasteiger partial charge on any atom is 0.130 e. The van der Waals surface area contributed by atoms with Crippen LogP contribution in [0.1, 0.15) is 11.3 Å². The monoisotopic (exact) mass is 294 g/mol. The molecule has 0 radical (unpaired) electrons. The van der Waals surface area contributed by atoms with Crippen LogP contribution in [0, 0.1) is 19.7 Å². The fourth-order valence-electron chi connectivity index (χ4n) is 1.48. The summed E-state index contributed by atoms with van der Waals surface area (Å²) in [4.78, 5) is 4.37. The predicted octanol–water partition coefficient (Wildman–Crippen LogP) is 4.34. The summed E-state index contributed by atoms with van der Waals surface area (Å²) in [6.07, 6.45) is 0. The Balaban J connectivity index is 2.25. The van der Waals surface area contributed by atoms with Crippen LogP contribution in [0.4, 0.5) is 15.9 Å². The van der Waals surface area contributed by atoms with E-state index < -0.39 is 0 Å². The van der Waals surface area contributed by atoms with Crippen molar-refractivity contribution < 1.29 is 4.39 Å². The van der Waals surface area contributed by atoms with Crippen molar-refractivity contribution in [3.63, 3.8) is 0 Å². The van der Waals surface area contributed by atoms with Crippen LogP contribution in [0.5, 0.6) is 0 Å². The highest BCUT2D eigenvalue weighted by Gasteiger charge is 2.02. The largest absolute Gasteiger partial charge is 0.340 e. The van der Waals surface area contributed by atoms with Crippen molar-refractivity contribution in [1.29, 1.82) is 0 Å². The van der Waals surface area contributed by atoms with Crippen LogP contribution in [-0.4, -0.2) is 4.98 Å². The zero-order valence-corrected chi connectivity index (χ0v) is 11.2. The molecule has 2 nitrogen and oxygen atoms in total. The second-order valence-electron chi connectivity index (χ2n) is 3.85. The van der Waals surface area contributed by atoms with Gasteiger partial charge in [-0.05, 0) is 65.7 Å². The molecule has 1 aromatic carbocycles. The predicted molar refractivity (Wildman–Crippen MR) is 71.1 cm³/mol. The SMILES string of the molecule is Cc1cc(Nc2ccc(Br)c(C)n2)ccc1F. The molecule has 0 aliphatic heterocycles. The molecule has 2 rings (SSSR count). The zero-order chi connectivity index (χ0) is 12.4. The molecule has 0 bridgehead atoms. The Labute approximate surface area is 108 Å². The van der Waals surface area contributed by atoms with Crippen LogP contribution >= 0.6 is 15.9 Å². The van der Waals surface area contributed by atoms with E-state index in [1.54, 1.807) is 19.1 Å². The maximum absolute atomic E-state index is 13.1. The quantitative estimate of drug-likeness (QED) is 0.891. The molecular weight excluding hydrogens is 283 g/mol. The highest BCUT2D eigenvalue weighted by Crippen LogP contribution is 2.21. The normalized spacial score (nSPS) is 10.4. The van der Waals surface area contributed by atoms with E-state index in [9.17, 15) is 4.39 Å². The molecule has 0 unspecified atom stereocenters. The van der Waals surface area contributed by atoms with Crippen molar-refractivity contribution >= 4 is 27.4 Å². The molecule has 0 spiro atoms. The summed E-state index contributed by atoms with van der Waals surface area (Å²) >= 11 is 3.40. The van der Waals surface area contributed by atoms with Crippen LogP contribution in [0.3, 0.4) is 0 Å². The molecule has 2 aromatic rings. The van der Waals surface area contributed by atoms with Gasteiger partial charge in [0.25, 0.3) is 0 Å². The third-order valence-electron chi connectivity index (χ3n) is 2.45. The van der Waals surface area contributed by atoms with Crippen molar-refractivity contribution in [3.8, 4) is 0 Å². The average molecular weight is 295 g/mol. The van der Waals surface area contributed by atoms with E-state index >= 15 is 0 Å². The average Bonchev–Trinajstić information content (AvgIpc) is 2.29. The van der Waals surface area contributed by atoms with E-state index in [1.165, 1.54) is 6.07 Å². The van der Waals surface area contributed by atoms with Gasteiger partial charge in [-0.25, -0.2) is 9.37 Å². The van der Waals surface area contributed by atoms with Gasteiger partial charge < -0.3 is 5.32 Å². The summed E-state index contributed by atoms with van der Waals surface area (Å²) < 4.78 is 14.1. The highest BCUT2D eigenvalue weighted by molar-refractivity contribution is 9.10. The topological polar surface area (TPSA) is 24.9 Å². The van der Waals surface area contributed by atoms with Crippen LogP contribution in [0.2, 0.25) is 0 Å². The Morgan fingerprint density at radius 2 is 1.94 bits per heavy atom. The Kier molecular flexibility index (Phi) is 3.43. The fraction of sp³-hybridized carbons (Fsp3) is 0.154. The molecule has 0 aliphatic carbocycles. The molecule has 88 valence electrons. The van der Waals surface area contributed by atoms with E-state index in [0.717, 1.165) is 21.7 Å². The molecule has 1 heterocycles. The summed E-state index contributed by atoms with van der Waals surface area (Å²) in [6.45, 7) is 3.66. The van der Waals surface area contributed by atoms with Crippen molar-refractivity contribution in [2.45, 2.75) is 13.8 Å². The lowest BCUT2D eigenvalue weighted by Gasteiger charge is -2.08. The minimum atomic E-state index is -0.199. The van der Waals surface area contributed by atoms with Crippen molar-refractivity contribution in [2.24, 2.45) is 0 Å². The van der Waals surface area contributed by atoms with E-state index in [2.05, 4.69) is 26.2 Å². The first-order valence-corrected chi connectivity index (χ1v) is 6.02. The molecule has 17 heavy (non-hydrogen) atoms. The summed E-state index contributed by atoms with van der Waals surface area (Å²) in [7, 11) is 0. The zero-order valence-electron chi connectivity index (χ0n) is 9.59. The number of nitrogens with one attached hydrogen (secondary N) is 1. The molecular formula is C13H12BrFN2. The van der Waals surface area contributed by atoms with Gasteiger partial charge in [0.15, 0.2) is 0 Å². The lowest BCUT2D eigenvalue weighted by atomic mass is 10.2. The second kappa shape index (κ2) is 4.84.